The van der Waals surface area contributed by atoms with Crippen LogP contribution in [0, 0.1) is 5.92 Å². The van der Waals surface area contributed by atoms with Gasteiger partial charge in [-0.05, 0) is 45.2 Å². The van der Waals surface area contributed by atoms with Gasteiger partial charge in [-0.15, -0.1) is 0 Å². The van der Waals surface area contributed by atoms with Gasteiger partial charge in [-0.1, -0.05) is 13.3 Å². The first kappa shape index (κ1) is 16.4. The van der Waals surface area contributed by atoms with Crippen molar-refractivity contribution in [2.24, 2.45) is 5.92 Å². The molecule has 1 aliphatic heterocycles. The van der Waals surface area contributed by atoms with Crippen molar-refractivity contribution in [3.05, 3.63) is 0 Å². The second kappa shape index (κ2) is 9.32. The monoisotopic (exact) mass is 270 g/mol. The van der Waals surface area contributed by atoms with Crippen LogP contribution in [0.3, 0.4) is 0 Å². The van der Waals surface area contributed by atoms with Crippen LogP contribution in [0.5, 0.6) is 0 Å². The summed E-state index contributed by atoms with van der Waals surface area (Å²) in [7, 11) is 2.20. The molecule has 0 aromatic heterocycles. The molecule has 1 rings (SSSR count). The topological polar surface area (TPSA) is 43.8 Å². The van der Waals surface area contributed by atoms with E-state index in [1.807, 2.05) is 4.90 Å². The number of piperidine rings is 1. The molecular formula is C15H30N2O2. The van der Waals surface area contributed by atoms with E-state index in [2.05, 4.69) is 18.9 Å². The molecule has 0 aliphatic carbocycles. The van der Waals surface area contributed by atoms with E-state index in [4.69, 9.17) is 5.11 Å². The molecule has 0 radical (unpaired) electrons. The maximum atomic E-state index is 11.8. The molecule has 0 atom stereocenters. The molecule has 1 aliphatic rings. The summed E-state index contributed by atoms with van der Waals surface area (Å²) >= 11 is 0. The molecule has 0 spiro atoms. The zero-order chi connectivity index (χ0) is 14.1. The molecule has 0 aromatic rings. The van der Waals surface area contributed by atoms with Gasteiger partial charge in [-0.25, -0.2) is 0 Å². The largest absolute Gasteiger partial charge is 0.396 e. The first-order chi connectivity index (χ1) is 9.17. The highest BCUT2D eigenvalue weighted by molar-refractivity contribution is 5.76. The van der Waals surface area contributed by atoms with Gasteiger partial charge in [-0.2, -0.15) is 0 Å². The lowest BCUT2D eigenvalue weighted by Gasteiger charge is -2.34. The summed E-state index contributed by atoms with van der Waals surface area (Å²) in [5.74, 6) is 0.954. The average molecular weight is 270 g/mol. The molecule has 112 valence electrons. The highest BCUT2D eigenvalue weighted by Crippen LogP contribution is 2.19. The molecule has 19 heavy (non-hydrogen) atoms. The predicted molar refractivity (Wildman–Crippen MR) is 78.0 cm³/mol. The molecule has 4 nitrogen and oxygen atoms in total. The number of hydrogen-bond acceptors (Lipinski definition) is 3. The molecule has 1 N–H and O–H groups in total. The van der Waals surface area contributed by atoms with E-state index in [0.717, 1.165) is 31.8 Å². The normalized spacial score (nSPS) is 17.2. The minimum Gasteiger partial charge on any atom is -0.396 e. The van der Waals surface area contributed by atoms with E-state index in [1.165, 1.54) is 25.9 Å². The number of aliphatic hydroxyl groups is 1. The molecule has 1 amide bonds. The first-order valence-corrected chi connectivity index (χ1v) is 7.74. The van der Waals surface area contributed by atoms with Gasteiger partial charge >= 0.3 is 0 Å². The molecule has 1 heterocycles. The fourth-order valence-electron chi connectivity index (χ4n) is 2.71. The van der Waals surface area contributed by atoms with Gasteiger partial charge in [0.25, 0.3) is 0 Å². The zero-order valence-corrected chi connectivity index (χ0v) is 12.6. The Hall–Kier alpha value is -0.610. The molecular weight excluding hydrogens is 240 g/mol. The summed E-state index contributed by atoms with van der Waals surface area (Å²) in [5, 5.41) is 8.75. The van der Waals surface area contributed by atoms with E-state index in [9.17, 15) is 4.79 Å². The van der Waals surface area contributed by atoms with E-state index < -0.39 is 0 Å². The fraction of sp³-hybridized carbons (Fsp3) is 0.933. The first-order valence-electron chi connectivity index (χ1n) is 7.74. The SMILES string of the molecule is CCCCN(C)CC1CCN(C(=O)CCCO)CC1. The van der Waals surface area contributed by atoms with E-state index >= 15 is 0 Å². The minimum atomic E-state index is 0.116. The number of carbonyl (C=O) groups excluding carboxylic acids is 1. The third-order valence-electron chi connectivity index (χ3n) is 3.98. The van der Waals surface area contributed by atoms with Gasteiger partial charge in [0.05, 0.1) is 0 Å². The number of amides is 1. The number of likely N-dealkylation sites (tertiary alicyclic amines) is 1. The zero-order valence-electron chi connectivity index (χ0n) is 12.6. The summed E-state index contributed by atoms with van der Waals surface area (Å²) < 4.78 is 0. The summed E-state index contributed by atoms with van der Waals surface area (Å²) in [6.45, 7) is 6.49. The van der Waals surface area contributed by atoms with Crippen LogP contribution in [-0.2, 0) is 4.79 Å². The molecule has 4 heteroatoms. The van der Waals surface area contributed by atoms with Gasteiger partial charge < -0.3 is 14.9 Å². The van der Waals surface area contributed by atoms with Gasteiger partial charge in [-0.3, -0.25) is 4.79 Å². The quantitative estimate of drug-likeness (QED) is 0.730. The standard InChI is InChI=1S/C15H30N2O2/c1-3-4-9-16(2)13-14-7-10-17(11-8-14)15(19)6-5-12-18/h14,18H,3-13H2,1-2H3. The Bertz CT molecular complexity index is 251. The number of carbonyl (C=O) groups is 1. The molecule has 0 unspecified atom stereocenters. The number of unbranched alkanes of at least 4 members (excludes halogenated alkanes) is 1. The molecule has 1 fully saturated rings. The summed E-state index contributed by atoms with van der Waals surface area (Å²) in [6, 6.07) is 0. The van der Waals surface area contributed by atoms with Crippen LogP contribution in [0.4, 0.5) is 0 Å². The van der Waals surface area contributed by atoms with Crippen LogP contribution in [0.15, 0.2) is 0 Å². The number of rotatable bonds is 8. The lowest BCUT2D eigenvalue weighted by Crippen LogP contribution is -2.41. The third kappa shape index (κ3) is 6.39. The van der Waals surface area contributed by atoms with Gasteiger partial charge in [0.15, 0.2) is 0 Å². The smallest absolute Gasteiger partial charge is 0.222 e. The van der Waals surface area contributed by atoms with Crippen molar-refractivity contribution >= 4 is 5.91 Å². The second-order valence-corrected chi connectivity index (χ2v) is 5.77. The van der Waals surface area contributed by atoms with Crippen LogP contribution < -0.4 is 0 Å². The highest BCUT2D eigenvalue weighted by Gasteiger charge is 2.22. The Labute approximate surface area is 117 Å². The van der Waals surface area contributed by atoms with E-state index in [-0.39, 0.29) is 12.5 Å². The average Bonchev–Trinajstić information content (AvgIpc) is 2.43. The number of hydrogen-bond donors (Lipinski definition) is 1. The Kier molecular flexibility index (Phi) is 8.07. The number of aliphatic hydroxyl groups excluding tert-OH is 1. The van der Waals surface area contributed by atoms with Crippen molar-refractivity contribution in [1.82, 2.24) is 9.80 Å². The van der Waals surface area contributed by atoms with Crippen molar-refractivity contribution in [3.63, 3.8) is 0 Å². The minimum absolute atomic E-state index is 0.116. The van der Waals surface area contributed by atoms with E-state index in [1.54, 1.807) is 0 Å². The maximum absolute atomic E-state index is 11.8. The fourth-order valence-corrected chi connectivity index (χ4v) is 2.71. The number of nitrogens with zero attached hydrogens (tertiary/aromatic N) is 2. The molecule has 0 bridgehead atoms. The summed E-state index contributed by atoms with van der Waals surface area (Å²) in [5.41, 5.74) is 0. The van der Waals surface area contributed by atoms with Crippen molar-refractivity contribution in [1.29, 1.82) is 0 Å². The predicted octanol–water partition coefficient (Wildman–Crippen LogP) is 1.73. The third-order valence-corrected chi connectivity index (χ3v) is 3.98. The highest BCUT2D eigenvalue weighted by atomic mass is 16.3. The molecule has 0 saturated carbocycles. The molecule has 0 aromatic carbocycles. The van der Waals surface area contributed by atoms with Crippen LogP contribution in [0.25, 0.3) is 0 Å². The Morgan fingerprint density at radius 1 is 1.32 bits per heavy atom. The van der Waals surface area contributed by atoms with Crippen LogP contribution in [0.2, 0.25) is 0 Å². The van der Waals surface area contributed by atoms with Crippen molar-refractivity contribution in [2.75, 3.05) is 39.8 Å². The van der Waals surface area contributed by atoms with Gasteiger partial charge in [0, 0.05) is 32.7 Å². The van der Waals surface area contributed by atoms with Crippen molar-refractivity contribution < 1.29 is 9.90 Å². The Morgan fingerprint density at radius 2 is 2.00 bits per heavy atom. The van der Waals surface area contributed by atoms with Crippen LogP contribution >= 0.6 is 0 Å². The van der Waals surface area contributed by atoms with Gasteiger partial charge in [0.2, 0.25) is 5.91 Å². The molecule has 1 saturated heterocycles. The Balaban J connectivity index is 2.19. The van der Waals surface area contributed by atoms with Crippen molar-refractivity contribution in [2.45, 2.75) is 45.4 Å². The lowest BCUT2D eigenvalue weighted by atomic mass is 9.96. The summed E-state index contributed by atoms with van der Waals surface area (Å²) in [4.78, 5) is 16.2. The van der Waals surface area contributed by atoms with Gasteiger partial charge in [0.1, 0.15) is 0 Å². The summed E-state index contributed by atoms with van der Waals surface area (Å²) in [6.07, 6.45) is 5.87. The Morgan fingerprint density at radius 3 is 2.58 bits per heavy atom. The maximum Gasteiger partial charge on any atom is 0.222 e. The van der Waals surface area contributed by atoms with Crippen molar-refractivity contribution in [3.8, 4) is 0 Å². The van der Waals surface area contributed by atoms with E-state index in [0.29, 0.717) is 12.8 Å². The lowest BCUT2D eigenvalue weighted by molar-refractivity contribution is -0.132. The second-order valence-electron chi connectivity index (χ2n) is 5.77. The van der Waals surface area contributed by atoms with Crippen LogP contribution in [0.1, 0.15) is 45.4 Å². The van der Waals surface area contributed by atoms with Crippen LogP contribution in [-0.4, -0.2) is 60.6 Å².